The Bertz CT molecular complexity index is 820. The summed E-state index contributed by atoms with van der Waals surface area (Å²) in [6, 6.07) is 1.76. The second-order valence-electron chi connectivity index (χ2n) is 8.57. The van der Waals surface area contributed by atoms with Crippen molar-refractivity contribution in [3.63, 3.8) is 0 Å². The van der Waals surface area contributed by atoms with Crippen LogP contribution in [-0.4, -0.2) is 22.4 Å². The first-order valence-electron chi connectivity index (χ1n) is 9.57. The zero-order valence-electron chi connectivity index (χ0n) is 15.8. The van der Waals surface area contributed by atoms with Crippen molar-refractivity contribution in [1.82, 2.24) is 0 Å². The Morgan fingerprint density at radius 2 is 1.53 bits per heavy atom. The molecule has 30 heavy (non-hydrogen) atoms. The molecule has 0 amide bonds. The predicted octanol–water partition coefficient (Wildman–Crippen LogP) is 3.11. The molecule has 4 aliphatic carbocycles. The zero-order chi connectivity index (χ0) is 21.5. The Morgan fingerprint density at radius 1 is 1.03 bits per heavy atom. The first-order chi connectivity index (χ1) is 14.3. The number of carbonyl (C=O) groups is 1. The van der Waals surface area contributed by atoms with E-state index in [2.05, 4.69) is 9.37 Å². The summed E-state index contributed by atoms with van der Waals surface area (Å²) in [4.78, 5) is 33.0. The van der Waals surface area contributed by atoms with Gasteiger partial charge in [0.15, 0.2) is 4.90 Å². The molecule has 5 rings (SSSR count). The van der Waals surface area contributed by atoms with Crippen molar-refractivity contribution in [2.75, 3.05) is 6.61 Å². The molecule has 4 bridgehead atoms. The van der Waals surface area contributed by atoms with Gasteiger partial charge in [-0.05, 0) is 56.3 Å². The summed E-state index contributed by atoms with van der Waals surface area (Å²) in [6.07, 6.45) is 6.73. The number of nitro benzene ring substituents is 2. The second-order valence-corrected chi connectivity index (χ2v) is 9.28. The molecule has 11 nitrogen and oxygen atoms in total. The number of benzene rings is 1. The van der Waals surface area contributed by atoms with Crippen LogP contribution in [0.2, 0.25) is 0 Å². The van der Waals surface area contributed by atoms with Crippen molar-refractivity contribution in [2.24, 2.45) is 23.2 Å². The van der Waals surface area contributed by atoms with Crippen LogP contribution < -0.4 is 5.26 Å². The molecular weight excluding hydrogens is 420 g/mol. The molecule has 0 N–H and O–H groups in total. The van der Waals surface area contributed by atoms with E-state index in [0.717, 1.165) is 31.4 Å². The van der Waals surface area contributed by atoms with Crippen molar-refractivity contribution in [3.05, 3.63) is 37.9 Å². The highest BCUT2D eigenvalue weighted by Crippen LogP contribution is 2.60. The van der Waals surface area contributed by atoms with E-state index in [9.17, 15) is 30.3 Å². The monoisotopic (exact) mass is 439 g/mol. The van der Waals surface area contributed by atoms with Gasteiger partial charge in [0.2, 0.25) is 0 Å². The normalized spacial score (nSPS) is 29.0. The van der Waals surface area contributed by atoms with Gasteiger partial charge in [0.25, 0.3) is 11.4 Å². The van der Waals surface area contributed by atoms with Crippen LogP contribution in [-0.2, 0) is 14.1 Å². The minimum atomic E-state index is -0.903. The number of esters is 1. The number of hydrogen-bond acceptors (Lipinski definition) is 10. The Morgan fingerprint density at radius 3 is 1.97 bits per heavy atom. The molecule has 0 saturated heterocycles. The van der Waals surface area contributed by atoms with Crippen molar-refractivity contribution in [2.45, 2.75) is 43.4 Å². The molecule has 1 aromatic carbocycles. The van der Waals surface area contributed by atoms with E-state index >= 15 is 0 Å². The van der Waals surface area contributed by atoms with Crippen molar-refractivity contribution < 1.29 is 34.0 Å². The van der Waals surface area contributed by atoms with Crippen LogP contribution in [0.3, 0.4) is 0 Å². The zero-order valence-corrected chi connectivity index (χ0v) is 16.6. The lowest BCUT2D eigenvalue weighted by Crippen LogP contribution is -2.48. The Hall–Kier alpha value is -2.28. The molecular formula is C18H19N2O9S-. The van der Waals surface area contributed by atoms with E-state index in [1.165, 1.54) is 19.3 Å². The minimum Gasteiger partial charge on any atom is -0.691 e. The predicted molar refractivity (Wildman–Crippen MR) is 98.7 cm³/mol. The third kappa shape index (κ3) is 4.00. The van der Waals surface area contributed by atoms with Gasteiger partial charge in [-0.1, -0.05) is 0 Å². The molecule has 0 aliphatic heterocycles. The summed E-state index contributed by atoms with van der Waals surface area (Å²) in [5.41, 5.74) is -1.87. The van der Waals surface area contributed by atoms with Crippen LogP contribution in [0.5, 0.6) is 0 Å². The maximum absolute atomic E-state index is 12.6. The largest absolute Gasteiger partial charge is 0.691 e. The smallest absolute Gasteiger partial charge is 0.338 e. The topological polar surface area (TPSA) is 154 Å². The lowest BCUT2D eigenvalue weighted by molar-refractivity contribution is -0.777. The highest BCUT2D eigenvalue weighted by molar-refractivity contribution is 7.94. The van der Waals surface area contributed by atoms with E-state index in [4.69, 9.17) is 4.74 Å². The van der Waals surface area contributed by atoms with Crippen LogP contribution >= 0.6 is 12.0 Å². The van der Waals surface area contributed by atoms with Gasteiger partial charge in [0, 0.05) is 17.5 Å². The quantitative estimate of drug-likeness (QED) is 0.194. The highest BCUT2D eigenvalue weighted by atomic mass is 32.2. The average Bonchev–Trinajstić information content (AvgIpc) is 2.68. The Balaban J connectivity index is 1.55. The molecule has 4 fully saturated rings. The molecule has 162 valence electrons. The number of carbonyl (C=O) groups excluding carboxylic acids is 1. The molecule has 4 saturated carbocycles. The SMILES string of the molecule is O=C(OCC12CC3CC(CC(C3)C1)C2)c1cc([N+](=O)[O-])c(SOO[O-])c([N+](=O)[O-])c1. The number of nitrogens with zero attached hydrogens (tertiary/aromatic N) is 2. The minimum absolute atomic E-state index is 0.0325. The van der Waals surface area contributed by atoms with Gasteiger partial charge in [-0.15, -0.1) is 0 Å². The summed E-state index contributed by atoms with van der Waals surface area (Å²) >= 11 is 0.0325. The van der Waals surface area contributed by atoms with E-state index in [1.54, 1.807) is 0 Å². The summed E-state index contributed by atoms with van der Waals surface area (Å²) < 4.78 is 9.53. The van der Waals surface area contributed by atoms with Crippen molar-refractivity contribution >= 4 is 29.4 Å². The number of ether oxygens (including phenoxy) is 1. The van der Waals surface area contributed by atoms with Gasteiger partial charge in [0.05, 0.1) is 34.1 Å². The fourth-order valence-corrected chi connectivity index (χ4v) is 6.42. The molecule has 1 aromatic rings. The van der Waals surface area contributed by atoms with Gasteiger partial charge in [-0.2, -0.15) is 4.33 Å². The first-order valence-corrected chi connectivity index (χ1v) is 10.3. The molecule has 0 aromatic heterocycles. The number of hydrogen-bond donors (Lipinski definition) is 0. The summed E-state index contributed by atoms with van der Waals surface area (Å²) in [7, 11) is 0. The van der Waals surface area contributed by atoms with E-state index in [1.807, 2.05) is 0 Å². The van der Waals surface area contributed by atoms with E-state index in [0.29, 0.717) is 17.8 Å². The standard InChI is InChI=1S/C18H20N2O9S/c21-17(27-9-18-6-10-1-11(7-18)3-12(2-10)8-18)13-4-14(19(22)23)16(30-29-28-26)15(5-13)20(24)25/h4-5,10-12,26H,1-3,6-9H2/p-1. The van der Waals surface area contributed by atoms with Crippen LogP contribution in [0, 0.1) is 43.4 Å². The lowest BCUT2D eigenvalue weighted by atomic mass is 9.50. The second kappa shape index (κ2) is 8.10. The highest BCUT2D eigenvalue weighted by Gasteiger charge is 2.51. The first kappa shape index (κ1) is 21.0. The van der Waals surface area contributed by atoms with Crippen LogP contribution in [0.1, 0.15) is 48.9 Å². The van der Waals surface area contributed by atoms with E-state index in [-0.39, 0.29) is 29.6 Å². The van der Waals surface area contributed by atoms with Gasteiger partial charge in [-0.25, -0.2) is 4.79 Å². The van der Waals surface area contributed by atoms with Gasteiger partial charge in [-0.3, -0.25) is 25.3 Å². The molecule has 0 atom stereocenters. The molecule has 0 heterocycles. The number of nitro groups is 2. The molecule has 0 unspecified atom stereocenters. The van der Waals surface area contributed by atoms with Crippen molar-refractivity contribution in [3.8, 4) is 0 Å². The lowest BCUT2D eigenvalue weighted by Gasteiger charge is -2.56. The summed E-state index contributed by atoms with van der Waals surface area (Å²) in [6.45, 7) is 0.209. The number of rotatable bonds is 8. The maximum Gasteiger partial charge on any atom is 0.338 e. The summed E-state index contributed by atoms with van der Waals surface area (Å²) in [5, 5.41) is 35.9. The van der Waals surface area contributed by atoms with Crippen molar-refractivity contribution in [1.29, 1.82) is 0 Å². The molecule has 12 heteroatoms. The fraction of sp³-hybridized carbons (Fsp3) is 0.611. The van der Waals surface area contributed by atoms with E-state index < -0.39 is 32.1 Å². The third-order valence-corrected chi connectivity index (χ3v) is 7.21. The molecule has 0 spiro atoms. The van der Waals surface area contributed by atoms with Crippen LogP contribution in [0.15, 0.2) is 17.0 Å². The third-order valence-electron chi connectivity index (χ3n) is 6.50. The van der Waals surface area contributed by atoms with Gasteiger partial charge in [0.1, 0.15) is 0 Å². The average molecular weight is 439 g/mol. The van der Waals surface area contributed by atoms with Gasteiger partial charge >= 0.3 is 5.97 Å². The van der Waals surface area contributed by atoms with Crippen LogP contribution in [0.25, 0.3) is 0 Å². The Labute approximate surface area is 175 Å². The summed E-state index contributed by atoms with van der Waals surface area (Å²) in [5.74, 6) is 1.14. The fourth-order valence-electron chi connectivity index (χ4n) is 5.89. The molecule has 4 aliphatic rings. The molecule has 0 radical (unpaired) electrons. The van der Waals surface area contributed by atoms with Crippen LogP contribution in [0.4, 0.5) is 11.4 Å². The maximum atomic E-state index is 12.6. The Kier molecular flexibility index (Phi) is 5.66. The van der Waals surface area contributed by atoms with Gasteiger partial charge < -0.3 is 9.99 Å².